The van der Waals surface area contributed by atoms with E-state index < -0.39 is 5.97 Å². The molecule has 0 aromatic heterocycles. The summed E-state index contributed by atoms with van der Waals surface area (Å²) in [5.74, 6) is 0.0371. The van der Waals surface area contributed by atoms with Crippen LogP contribution in [0.5, 0.6) is 0 Å². The molecule has 0 spiro atoms. The number of likely N-dealkylation sites (tertiary alicyclic amines) is 1. The fourth-order valence-electron chi connectivity index (χ4n) is 2.66. The van der Waals surface area contributed by atoms with E-state index in [9.17, 15) is 4.79 Å². The summed E-state index contributed by atoms with van der Waals surface area (Å²) in [7, 11) is 0. The Morgan fingerprint density at radius 1 is 1.60 bits per heavy atom. The van der Waals surface area contributed by atoms with Gasteiger partial charge in [0, 0.05) is 12.6 Å². The van der Waals surface area contributed by atoms with Crippen LogP contribution in [0.2, 0.25) is 0 Å². The van der Waals surface area contributed by atoms with Crippen molar-refractivity contribution in [1.29, 1.82) is 0 Å². The minimum absolute atomic E-state index is 0.287. The van der Waals surface area contributed by atoms with Gasteiger partial charge in [-0.2, -0.15) is 0 Å². The summed E-state index contributed by atoms with van der Waals surface area (Å²) in [5.41, 5.74) is 0. The van der Waals surface area contributed by atoms with Crippen molar-refractivity contribution in [3.8, 4) is 0 Å². The summed E-state index contributed by atoms with van der Waals surface area (Å²) in [6.45, 7) is 6.33. The van der Waals surface area contributed by atoms with E-state index >= 15 is 0 Å². The fourth-order valence-corrected chi connectivity index (χ4v) is 2.66. The van der Waals surface area contributed by atoms with Gasteiger partial charge in [-0.25, -0.2) is 0 Å². The molecular weight excluding hydrogens is 190 g/mol. The van der Waals surface area contributed by atoms with E-state index in [0.29, 0.717) is 12.0 Å². The molecule has 0 aromatic rings. The third kappa shape index (κ3) is 3.82. The van der Waals surface area contributed by atoms with Crippen LogP contribution < -0.4 is 0 Å². The second-order valence-corrected chi connectivity index (χ2v) is 4.66. The normalized spacial score (nSPS) is 24.3. The van der Waals surface area contributed by atoms with E-state index in [2.05, 4.69) is 18.7 Å². The highest BCUT2D eigenvalue weighted by molar-refractivity contribution is 5.66. The lowest BCUT2D eigenvalue weighted by molar-refractivity contribution is -0.137. The largest absolute Gasteiger partial charge is 0.481 e. The zero-order chi connectivity index (χ0) is 11.3. The molecule has 1 heterocycles. The first-order valence-corrected chi connectivity index (χ1v) is 6.11. The number of hydrogen-bond acceptors (Lipinski definition) is 2. The first kappa shape index (κ1) is 12.5. The Bertz CT molecular complexity index is 206. The second-order valence-electron chi connectivity index (χ2n) is 4.66. The Labute approximate surface area is 92.5 Å². The molecule has 1 aliphatic rings. The number of aliphatic carboxylic acids is 1. The zero-order valence-electron chi connectivity index (χ0n) is 9.91. The molecular formula is C12H23NO2. The molecule has 1 fully saturated rings. The predicted molar refractivity (Wildman–Crippen MR) is 60.9 cm³/mol. The Hall–Kier alpha value is -0.570. The maximum Gasteiger partial charge on any atom is 0.304 e. The number of carboxylic acids is 1. The molecule has 1 aliphatic heterocycles. The first-order chi connectivity index (χ1) is 7.15. The number of carboxylic acid groups (broad SMARTS) is 1. The molecule has 0 amide bonds. The van der Waals surface area contributed by atoms with Gasteiger partial charge in [-0.05, 0) is 31.7 Å². The van der Waals surface area contributed by atoms with Gasteiger partial charge in [0.2, 0.25) is 0 Å². The van der Waals surface area contributed by atoms with E-state index in [-0.39, 0.29) is 6.42 Å². The number of carbonyl (C=O) groups is 1. The maximum absolute atomic E-state index is 10.5. The molecule has 0 aromatic carbocycles. The summed E-state index contributed by atoms with van der Waals surface area (Å²) in [6, 6.07) is 0.629. The Balaban J connectivity index is 2.38. The van der Waals surface area contributed by atoms with E-state index in [1.807, 2.05) is 0 Å². The molecule has 1 saturated heterocycles. The molecule has 1 N–H and O–H groups in total. The topological polar surface area (TPSA) is 40.5 Å². The summed E-state index contributed by atoms with van der Waals surface area (Å²) < 4.78 is 0. The molecule has 3 nitrogen and oxygen atoms in total. The van der Waals surface area contributed by atoms with Crippen LogP contribution in [0.25, 0.3) is 0 Å². The van der Waals surface area contributed by atoms with Crippen LogP contribution in [0, 0.1) is 5.92 Å². The molecule has 0 bridgehead atoms. The standard InChI is InChI=1S/C12H23NO2/c1-3-5-10(2)11-6-4-8-13(11)9-7-12(14)15/h10-11H,3-9H2,1-2H3,(H,14,15)/t10-,11-/m0/s1. The monoisotopic (exact) mass is 213 g/mol. The number of hydrogen-bond donors (Lipinski definition) is 1. The number of nitrogens with zero attached hydrogens (tertiary/aromatic N) is 1. The van der Waals surface area contributed by atoms with Crippen LogP contribution in [-0.2, 0) is 4.79 Å². The van der Waals surface area contributed by atoms with Gasteiger partial charge in [0.1, 0.15) is 0 Å². The summed E-state index contributed by atoms with van der Waals surface area (Å²) >= 11 is 0. The van der Waals surface area contributed by atoms with Crippen LogP contribution in [0.1, 0.15) is 46.0 Å². The molecule has 0 radical (unpaired) electrons. The minimum Gasteiger partial charge on any atom is -0.481 e. The lowest BCUT2D eigenvalue weighted by Gasteiger charge is -2.28. The average molecular weight is 213 g/mol. The van der Waals surface area contributed by atoms with Crippen molar-refractivity contribution in [3.63, 3.8) is 0 Å². The first-order valence-electron chi connectivity index (χ1n) is 6.11. The Kier molecular flexibility index (Phi) is 5.09. The third-order valence-corrected chi connectivity index (χ3v) is 3.43. The smallest absolute Gasteiger partial charge is 0.304 e. The fraction of sp³-hybridized carbons (Fsp3) is 0.917. The highest BCUT2D eigenvalue weighted by Gasteiger charge is 2.28. The van der Waals surface area contributed by atoms with Crippen LogP contribution >= 0.6 is 0 Å². The van der Waals surface area contributed by atoms with Gasteiger partial charge < -0.3 is 5.11 Å². The van der Waals surface area contributed by atoms with Crippen molar-refractivity contribution >= 4 is 5.97 Å². The van der Waals surface area contributed by atoms with Gasteiger partial charge in [0.05, 0.1) is 6.42 Å². The van der Waals surface area contributed by atoms with Crippen molar-refractivity contribution in [1.82, 2.24) is 4.90 Å². The molecule has 0 aliphatic carbocycles. The predicted octanol–water partition coefficient (Wildman–Crippen LogP) is 2.36. The minimum atomic E-state index is -0.677. The van der Waals surface area contributed by atoms with Crippen LogP contribution in [0.3, 0.4) is 0 Å². The molecule has 3 heteroatoms. The molecule has 2 atom stereocenters. The van der Waals surface area contributed by atoms with Crippen molar-refractivity contribution < 1.29 is 9.90 Å². The molecule has 88 valence electrons. The third-order valence-electron chi connectivity index (χ3n) is 3.43. The zero-order valence-corrected chi connectivity index (χ0v) is 9.91. The van der Waals surface area contributed by atoms with Crippen LogP contribution in [-0.4, -0.2) is 35.1 Å². The van der Waals surface area contributed by atoms with Gasteiger partial charge in [-0.15, -0.1) is 0 Å². The van der Waals surface area contributed by atoms with Crippen molar-refractivity contribution in [2.75, 3.05) is 13.1 Å². The number of rotatable bonds is 6. The van der Waals surface area contributed by atoms with Gasteiger partial charge in [-0.3, -0.25) is 9.69 Å². The molecule has 1 rings (SSSR count). The van der Waals surface area contributed by atoms with E-state index in [0.717, 1.165) is 13.1 Å². The van der Waals surface area contributed by atoms with Crippen molar-refractivity contribution in [3.05, 3.63) is 0 Å². The van der Waals surface area contributed by atoms with Gasteiger partial charge in [-0.1, -0.05) is 20.3 Å². The summed E-state index contributed by atoms with van der Waals surface area (Å²) in [4.78, 5) is 12.9. The lowest BCUT2D eigenvalue weighted by atomic mass is 9.95. The van der Waals surface area contributed by atoms with E-state index in [1.165, 1.54) is 25.7 Å². The van der Waals surface area contributed by atoms with Gasteiger partial charge in [0.25, 0.3) is 0 Å². The lowest BCUT2D eigenvalue weighted by Crippen LogP contribution is -2.35. The average Bonchev–Trinajstić information content (AvgIpc) is 2.62. The molecule has 0 saturated carbocycles. The van der Waals surface area contributed by atoms with Gasteiger partial charge >= 0.3 is 5.97 Å². The highest BCUT2D eigenvalue weighted by atomic mass is 16.4. The summed E-state index contributed by atoms with van der Waals surface area (Å²) in [5, 5.41) is 8.68. The molecule has 0 unspecified atom stereocenters. The maximum atomic E-state index is 10.5. The summed E-state index contributed by atoms with van der Waals surface area (Å²) in [6.07, 6.45) is 5.26. The SMILES string of the molecule is CCC[C@H](C)[C@@H]1CCCN1CCC(=O)O. The van der Waals surface area contributed by atoms with E-state index in [4.69, 9.17) is 5.11 Å². The van der Waals surface area contributed by atoms with Crippen LogP contribution in [0.4, 0.5) is 0 Å². The quantitative estimate of drug-likeness (QED) is 0.736. The van der Waals surface area contributed by atoms with Gasteiger partial charge in [0.15, 0.2) is 0 Å². The molecule has 15 heavy (non-hydrogen) atoms. The Morgan fingerprint density at radius 3 is 2.93 bits per heavy atom. The van der Waals surface area contributed by atoms with Crippen molar-refractivity contribution in [2.45, 2.75) is 52.0 Å². The van der Waals surface area contributed by atoms with Crippen molar-refractivity contribution in [2.24, 2.45) is 5.92 Å². The highest BCUT2D eigenvalue weighted by Crippen LogP contribution is 2.26. The van der Waals surface area contributed by atoms with Crippen LogP contribution in [0.15, 0.2) is 0 Å². The Morgan fingerprint density at radius 2 is 2.33 bits per heavy atom. The second kappa shape index (κ2) is 6.11. The van der Waals surface area contributed by atoms with E-state index in [1.54, 1.807) is 0 Å².